The molecule has 0 saturated carbocycles. The van der Waals surface area contributed by atoms with Gasteiger partial charge in [0.05, 0.1) is 15.5 Å². The number of rotatable bonds is 7. The van der Waals surface area contributed by atoms with E-state index in [4.69, 9.17) is 0 Å². The molecule has 1 heterocycles. The Labute approximate surface area is 177 Å². The van der Waals surface area contributed by atoms with Gasteiger partial charge in [0.2, 0.25) is 10.0 Å². The minimum Gasteiger partial charge on any atom is -0.298 e. The van der Waals surface area contributed by atoms with E-state index in [-0.39, 0.29) is 22.2 Å². The molecule has 0 radical (unpaired) electrons. The molecule has 0 bridgehead atoms. The molecule has 0 aliphatic carbocycles. The standard InChI is InChI=1S/C19H18N4O5S2/c1-12(2)22-30(27,28)16-8-6-13(7-9-16)18(24)21-19-20-17(11-29-19)14-4-3-5-15(10-14)23(25)26/h3-12,22H,1-2H3,(H,20,21,24). The van der Waals surface area contributed by atoms with Crippen molar-refractivity contribution in [2.45, 2.75) is 24.8 Å². The summed E-state index contributed by atoms with van der Waals surface area (Å²) in [4.78, 5) is 27.2. The zero-order valence-corrected chi connectivity index (χ0v) is 17.7. The minimum atomic E-state index is -3.64. The van der Waals surface area contributed by atoms with Crippen molar-refractivity contribution in [3.63, 3.8) is 0 Å². The fourth-order valence-electron chi connectivity index (χ4n) is 2.58. The van der Waals surface area contributed by atoms with Crippen LogP contribution < -0.4 is 10.0 Å². The van der Waals surface area contributed by atoms with Gasteiger partial charge in [-0.05, 0) is 38.1 Å². The Balaban J connectivity index is 1.73. The Morgan fingerprint density at radius 1 is 1.17 bits per heavy atom. The zero-order valence-electron chi connectivity index (χ0n) is 16.0. The fraction of sp³-hybridized carbons (Fsp3) is 0.158. The Hall–Kier alpha value is -3.15. The van der Waals surface area contributed by atoms with Gasteiger partial charge >= 0.3 is 0 Å². The predicted octanol–water partition coefficient (Wildman–Crippen LogP) is 3.66. The Kier molecular flexibility index (Phi) is 6.25. The van der Waals surface area contributed by atoms with E-state index >= 15 is 0 Å². The molecule has 3 rings (SSSR count). The first-order valence-electron chi connectivity index (χ1n) is 8.80. The van der Waals surface area contributed by atoms with E-state index in [2.05, 4.69) is 15.0 Å². The van der Waals surface area contributed by atoms with Gasteiger partial charge in [0.1, 0.15) is 0 Å². The maximum absolute atomic E-state index is 12.4. The topological polar surface area (TPSA) is 131 Å². The summed E-state index contributed by atoms with van der Waals surface area (Å²) in [5.74, 6) is -0.448. The van der Waals surface area contributed by atoms with Gasteiger partial charge in [-0.1, -0.05) is 12.1 Å². The molecular weight excluding hydrogens is 428 g/mol. The van der Waals surface area contributed by atoms with Crippen LogP contribution >= 0.6 is 11.3 Å². The summed E-state index contributed by atoms with van der Waals surface area (Å²) in [6, 6.07) is 11.4. The van der Waals surface area contributed by atoms with Crippen molar-refractivity contribution in [3.05, 3.63) is 69.6 Å². The molecular formula is C19H18N4O5S2. The first kappa shape index (κ1) is 21.6. The van der Waals surface area contributed by atoms with E-state index < -0.39 is 20.9 Å². The maximum Gasteiger partial charge on any atom is 0.270 e. The lowest BCUT2D eigenvalue weighted by molar-refractivity contribution is -0.384. The highest BCUT2D eigenvalue weighted by Gasteiger charge is 2.17. The highest BCUT2D eigenvalue weighted by atomic mass is 32.2. The van der Waals surface area contributed by atoms with Crippen LogP contribution in [0.3, 0.4) is 0 Å². The molecule has 0 saturated heterocycles. The first-order valence-corrected chi connectivity index (χ1v) is 11.2. The van der Waals surface area contributed by atoms with Crippen LogP contribution in [0.5, 0.6) is 0 Å². The lowest BCUT2D eigenvalue weighted by atomic mass is 10.1. The molecule has 0 fully saturated rings. The second kappa shape index (κ2) is 8.69. The van der Waals surface area contributed by atoms with Crippen molar-refractivity contribution >= 4 is 38.1 Å². The number of nitrogens with zero attached hydrogens (tertiary/aromatic N) is 2. The molecule has 1 aromatic heterocycles. The van der Waals surface area contributed by atoms with Gasteiger partial charge < -0.3 is 0 Å². The van der Waals surface area contributed by atoms with E-state index in [1.807, 2.05) is 0 Å². The highest BCUT2D eigenvalue weighted by molar-refractivity contribution is 7.89. The number of aromatic nitrogens is 1. The summed E-state index contributed by atoms with van der Waals surface area (Å²) in [6.07, 6.45) is 0. The second-order valence-electron chi connectivity index (χ2n) is 6.60. The Bertz CT molecular complexity index is 1190. The van der Waals surface area contributed by atoms with Crippen molar-refractivity contribution in [3.8, 4) is 11.3 Å². The molecule has 11 heteroatoms. The minimum absolute atomic E-state index is 0.0481. The van der Waals surface area contributed by atoms with Crippen LogP contribution in [0.4, 0.5) is 10.8 Å². The highest BCUT2D eigenvalue weighted by Crippen LogP contribution is 2.27. The van der Waals surface area contributed by atoms with Crippen LogP contribution in [0.2, 0.25) is 0 Å². The lowest BCUT2D eigenvalue weighted by Crippen LogP contribution is -2.30. The number of carbonyl (C=O) groups is 1. The summed E-state index contributed by atoms with van der Waals surface area (Å²) in [5, 5.41) is 15.6. The molecule has 0 spiro atoms. The number of nitrogens with one attached hydrogen (secondary N) is 2. The van der Waals surface area contributed by atoms with Crippen LogP contribution in [0.15, 0.2) is 58.8 Å². The molecule has 156 valence electrons. The number of hydrogen-bond donors (Lipinski definition) is 2. The van der Waals surface area contributed by atoms with Crippen molar-refractivity contribution < 1.29 is 18.1 Å². The third kappa shape index (κ3) is 5.06. The van der Waals surface area contributed by atoms with Gasteiger partial charge in [-0.3, -0.25) is 20.2 Å². The number of amides is 1. The molecule has 0 aliphatic heterocycles. The first-order chi connectivity index (χ1) is 14.2. The van der Waals surface area contributed by atoms with Crippen molar-refractivity contribution in [1.29, 1.82) is 0 Å². The Morgan fingerprint density at radius 3 is 2.50 bits per heavy atom. The van der Waals surface area contributed by atoms with Crippen LogP contribution in [-0.4, -0.2) is 30.3 Å². The van der Waals surface area contributed by atoms with E-state index in [1.54, 1.807) is 31.4 Å². The number of carbonyl (C=O) groups excluding carboxylic acids is 1. The van der Waals surface area contributed by atoms with E-state index in [0.29, 0.717) is 16.4 Å². The quantitative estimate of drug-likeness (QED) is 0.421. The summed E-state index contributed by atoms with van der Waals surface area (Å²) in [6.45, 7) is 3.44. The van der Waals surface area contributed by atoms with Gasteiger partial charge in [-0.25, -0.2) is 18.1 Å². The van der Waals surface area contributed by atoms with Gasteiger partial charge in [0, 0.05) is 34.7 Å². The molecule has 0 aliphatic rings. The van der Waals surface area contributed by atoms with E-state index in [1.165, 1.54) is 47.7 Å². The summed E-state index contributed by atoms with van der Waals surface area (Å²) in [7, 11) is -3.64. The van der Waals surface area contributed by atoms with E-state index in [9.17, 15) is 23.3 Å². The smallest absolute Gasteiger partial charge is 0.270 e. The molecule has 30 heavy (non-hydrogen) atoms. The number of benzene rings is 2. The average Bonchev–Trinajstić information content (AvgIpc) is 3.15. The molecule has 3 aromatic rings. The molecule has 1 amide bonds. The normalized spacial score (nSPS) is 11.4. The zero-order chi connectivity index (χ0) is 21.9. The van der Waals surface area contributed by atoms with Crippen LogP contribution in [0, 0.1) is 10.1 Å². The SMILES string of the molecule is CC(C)NS(=O)(=O)c1ccc(C(=O)Nc2nc(-c3cccc([N+](=O)[O-])c3)cs2)cc1. The number of sulfonamides is 1. The van der Waals surface area contributed by atoms with E-state index in [0.717, 1.165) is 0 Å². The third-order valence-corrected chi connectivity index (χ3v) is 6.33. The van der Waals surface area contributed by atoms with Crippen molar-refractivity contribution in [2.75, 3.05) is 5.32 Å². The summed E-state index contributed by atoms with van der Waals surface area (Å²) >= 11 is 1.18. The summed E-state index contributed by atoms with van der Waals surface area (Å²) < 4.78 is 26.8. The van der Waals surface area contributed by atoms with Gasteiger partial charge in [-0.15, -0.1) is 11.3 Å². The molecule has 9 nitrogen and oxygen atoms in total. The lowest BCUT2D eigenvalue weighted by Gasteiger charge is -2.10. The number of nitro groups is 1. The Morgan fingerprint density at radius 2 is 1.87 bits per heavy atom. The summed E-state index contributed by atoms with van der Waals surface area (Å²) in [5.41, 5.74) is 1.28. The number of non-ortho nitro benzene ring substituents is 1. The molecule has 2 N–H and O–H groups in total. The predicted molar refractivity (Wildman–Crippen MR) is 114 cm³/mol. The monoisotopic (exact) mass is 446 g/mol. The molecule has 2 aromatic carbocycles. The van der Waals surface area contributed by atoms with Crippen LogP contribution in [0.1, 0.15) is 24.2 Å². The second-order valence-corrected chi connectivity index (χ2v) is 9.17. The van der Waals surface area contributed by atoms with Crippen LogP contribution in [-0.2, 0) is 10.0 Å². The van der Waals surface area contributed by atoms with Crippen LogP contribution in [0.25, 0.3) is 11.3 Å². The van der Waals surface area contributed by atoms with Gasteiger partial charge in [-0.2, -0.15) is 0 Å². The average molecular weight is 447 g/mol. The van der Waals surface area contributed by atoms with Crippen molar-refractivity contribution in [1.82, 2.24) is 9.71 Å². The molecule has 0 unspecified atom stereocenters. The fourth-order valence-corrected chi connectivity index (χ4v) is 4.54. The number of nitro benzene ring substituents is 1. The van der Waals surface area contributed by atoms with Gasteiger partial charge in [0.15, 0.2) is 5.13 Å². The molecule has 0 atom stereocenters. The number of anilines is 1. The third-order valence-electron chi connectivity index (χ3n) is 3.90. The number of thiazole rings is 1. The number of hydrogen-bond acceptors (Lipinski definition) is 7. The van der Waals surface area contributed by atoms with Gasteiger partial charge in [0.25, 0.3) is 11.6 Å². The largest absolute Gasteiger partial charge is 0.298 e. The maximum atomic E-state index is 12.4. The van der Waals surface area contributed by atoms with Crippen molar-refractivity contribution in [2.24, 2.45) is 0 Å².